The Morgan fingerprint density at radius 1 is 1.19 bits per heavy atom. The first-order chi connectivity index (χ1) is 10.3. The summed E-state index contributed by atoms with van der Waals surface area (Å²) in [6.45, 7) is 2.10. The zero-order chi connectivity index (χ0) is 14.2. The van der Waals surface area contributed by atoms with E-state index < -0.39 is 0 Å². The smallest absolute Gasteiger partial charge is 0.129 e. The van der Waals surface area contributed by atoms with Crippen molar-refractivity contribution in [2.75, 3.05) is 18.5 Å². The number of anilines is 1. The molecule has 0 radical (unpaired) electrons. The zero-order valence-corrected chi connectivity index (χ0v) is 12.7. The molecular weight excluding hydrogens is 258 g/mol. The van der Waals surface area contributed by atoms with Gasteiger partial charge in [-0.3, -0.25) is 0 Å². The highest BCUT2D eigenvalue weighted by atomic mass is 15.2. The Balaban J connectivity index is 1.65. The summed E-state index contributed by atoms with van der Waals surface area (Å²) < 4.78 is 0. The van der Waals surface area contributed by atoms with Crippen molar-refractivity contribution in [3.63, 3.8) is 0 Å². The third-order valence-electron chi connectivity index (χ3n) is 4.57. The van der Waals surface area contributed by atoms with Gasteiger partial charge in [-0.05, 0) is 49.3 Å². The van der Waals surface area contributed by atoms with Crippen LogP contribution in [0.2, 0.25) is 0 Å². The molecule has 2 fully saturated rings. The van der Waals surface area contributed by atoms with Crippen LogP contribution < -0.4 is 10.2 Å². The van der Waals surface area contributed by atoms with Gasteiger partial charge in [0.05, 0.1) is 5.52 Å². The van der Waals surface area contributed by atoms with Gasteiger partial charge in [-0.25, -0.2) is 4.98 Å². The summed E-state index contributed by atoms with van der Waals surface area (Å²) in [6, 6.07) is 11.5. The van der Waals surface area contributed by atoms with Gasteiger partial charge in [-0.1, -0.05) is 18.2 Å². The number of nitrogens with zero attached hydrogens (tertiary/aromatic N) is 2. The molecule has 2 aliphatic rings. The number of nitrogens with one attached hydrogen (secondary N) is 1. The molecule has 0 spiro atoms. The summed E-state index contributed by atoms with van der Waals surface area (Å²) >= 11 is 0. The van der Waals surface area contributed by atoms with E-state index in [2.05, 4.69) is 47.6 Å². The topological polar surface area (TPSA) is 28.2 Å². The van der Waals surface area contributed by atoms with Crippen molar-refractivity contribution in [1.82, 2.24) is 10.3 Å². The minimum absolute atomic E-state index is 0.740. The lowest BCUT2D eigenvalue weighted by Gasteiger charge is -2.20. The average molecular weight is 281 g/mol. The molecule has 3 heteroatoms. The summed E-state index contributed by atoms with van der Waals surface area (Å²) in [5, 5.41) is 4.92. The second-order valence-corrected chi connectivity index (χ2v) is 6.64. The molecule has 0 aliphatic heterocycles. The maximum Gasteiger partial charge on any atom is 0.129 e. The second-order valence-electron chi connectivity index (χ2n) is 6.64. The SMILES string of the molecule is CN(CC1CC1)c1cc(CNC2CC2)c2ccccc2n1. The van der Waals surface area contributed by atoms with Crippen LogP contribution in [0.1, 0.15) is 31.2 Å². The largest absolute Gasteiger partial charge is 0.359 e. The van der Waals surface area contributed by atoms with Gasteiger partial charge >= 0.3 is 0 Å². The Kier molecular flexibility index (Phi) is 3.30. The Morgan fingerprint density at radius 2 is 2.00 bits per heavy atom. The Bertz CT molecular complexity index is 644. The van der Waals surface area contributed by atoms with E-state index in [-0.39, 0.29) is 0 Å². The van der Waals surface area contributed by atoms with Gasteiger partial charge in [0.25, 0.3) is 0 Å². The molecule has 4 rings (SSSR count). The van der Waals surface area contributed by atoms with Crippen molar-refractivity contribution in [3.8, 4) is 0 Å². The molecule has 2 saturated carbocycles. The van der Waals surface area contributed by atoms with Gasteiger partial charge in [0.2, 0.25) is 0 Å². The average Bonchev–Trinajstić information content (AvgIpc) is 3.39. The molecule has 0 bridgehead atoms. The number of aromatic nitrogens is 1. The lowest BCUT2D eigenvalue weighted by molar-refractivity contribution is 0.689. The van der Waals surface area contributed by atoms with Crippen molar-refractivity contribution in [2.45, 2.75) is 38.3 Å². The second kappa shape index (κ2) is 5.30. The number of rotatable bonds is 6. The first kappa shape index (κ1) is 13.1. The molecule has 21 heavy (non-hydrogen) atoms. The predicted molar refractivity (Wildman–Crippen MR) is 87.6 cm³/mol. The molecule has 2 aromatic rings. The number of hydrogen-bond acceptors (Lipinski definition) is 3. The Hall–Kier alpha value is -1.61. The van der Waals surface area contributed by atoms with Crippen LogP contribution in [0.5, 0.6) is 0 Å². The van der Waals surface area contributed by atoms with Gasteiger partial charge in [0.15, 0.2) is 0 Å². The first-order valence-electron chi connectivity index (χ1n) is 8.13. The lowest BCUT2D eigenvalue weighted by atomic mass is 10.1. The van der Waals surface area contributed by atoms with E-state index in [1.807, 2.05) is 0 Å². The van der Waals surface area contributed by atoms with Crippen molar-refractivity contribution in [1.29, 1.82) is 0 Å². The number of fused-ring (bicyclic) bond motifs is 1. The molecule has 0 saturated heterocycles. The number of hydrogen-bond donors (Lipinski definition) is 1. The molecular formula is C18H23N3. The molecule has 2 aliphatic carbocycles. The maximum absolute atomic E-state index is 4.86. The predicted octanol–water partition coefficient (Wildman–Crippen LogP) is 3.33. The van der Waals surface area contributed by atoms with Gasteiger partial charge in [-0.2, -0.15) is 0 Å². The zero-order valence-electron chi connectivity index (χ0n) is 12.7. The minimum Gasteiger partial charge on any atom is -0.359 e. The highest BCUT2D eigenvalue weighted by Crippen LogP contribution is 2.31. The summed E-state index contributed by atoms with van der Waals surface area (Å²) in [7, 11) is 2.17. The van der Waals surface area contributed by atoms with E-state index in [1.165, 1.54) is 36.6 Å². The van der Waals surface area contributed by atoms with E-state index in [0.29, 0.717) is 0 Å². The van der Waals surface area contributed by atoms with Gasteiger partial charge < -0.3 is 10.2 Å². The number of para-hydroxylation sites is 1. The molecule has 110 valence electrons. The van der Waals surface area contributed by atoms with Crippen LogP contribution in [0.15, 0.2) is 30.3 Å². The third kappa shape index (κ3) is 3.03. The number of benzene rings is 1. The first-order valence-corrected chi connectivity index (χ1v) is 8.13. The van der Waals surface area contributed by atoms with Crippen LogP contribution in [0.25, 0.3) is 10.9 Å². The Morgan fingerprint density at radius 3 is 2.76 bits per heavy atom. The van der Waals surface area contributed by atoms with Crippen molar-refractivity contribution in [2.24, 2.45) is 5.92 Å². The van der Waals surface area contributed by atoms with E-state index in [1.54, 1.807) is 0 Å². The summed E-state index contributed by atoms with van der Waals surface area (Å²) in [5.74, 6) is 2.00. The highest BCUT2D eigenvalue weighted by Gasteiger charge is 2.24. The summed E-state index contributed by atoms with van der Waals surface area (Å²) in [4.78, 5) is 7.18. The molecule has 0 atom stereocenters. The van der Waals surface area contributed by atoms with Crippen LogP contribution in [0.3, 0.4) is 0 Å². The van der Waals surface area contributed by atoms with Crippen LogP contribution in [0.4, 0.5) is 5.82 Å². The van der Waals surface area contributed by atoms with Gasteiger partial charge in [0, 0.05) is 31.6 Å². The number of pyridine rings is 1. The van der Waals surface area contributed by atoms with Crippen LogP contribution in [-0.2, 0) is 6.54 Å². The normalized spacial score (nSPS) is 18.1. The van der Waals surface area contributed by atoms with Gasteiger partial charge in [0.1, 0.15) is 5.82 Å². The summed E-state index contributed by atoms with van der Waals surface area (Å²) in [6.07, 6.45) is 5.43. The van der Waals surface area contributed by atoms with Crippen molar-refractivity contribution < 1.29 is 0 Å². The Labute approximate surface area is 126 Å². The van der Waals surface area contributed by atoms with Crippen LogP contribution >= 0.6 is 0 Å². The fourth-order valence-electron chi connectivity index (χ4n) is 2.90. The molecule has 0 amide bonds. The quantitative estimate of drug-likeness (QED) is 0.880. The fraction of sp³-hybridized carbons (Fsp3) is 0.500. The molecule has 1 aromatic heterocycles. The third-order valence-corrected chi connectivity index (χ3v) is 4.57. The minimum atomic E-state index is 0.740. The van der Waals surface area contributed by atoms with E-state index in [9.17, 15) is 0 Å². The van der Waals surface area contributed by atoms with E-state index >= 15 is 0 Å². The molecule has 1 heterocycles. The van der Waals surface area contributed by atoms with Gasteiger partial charge in [-0.15, -0.1) is 0 Å². The lowest BCUT2D eigenvalue weighted by Crippen LogP contribution is -2.22. The maximum atomic E-state index is 4.86. The van der Waals surface area contributed by atoms with E-state index in [0.717, 1.165) is 36.4 Å². The van der Waals surface area contributed by atoms with E-state index in [4.69, 9.17) is 4.98 Å². The highest BCUT2D eigenvalue weighted by molar-refractivity contribution is 5.84. The van der Waals surface area contributed by atoms with Crippen molar-refractivity contribution in [3.05, 3.63) is 35.9 Å². The molecule has 3 nitrogen and oxygen atoms in total. The van der Waals surface area contributed by atoms with Crippen molar-refractivity contribution >= 4 is 16.7 Å². The monoisotopic (exact) mass is 281 g/mol. The van der Waals surface area contributed by atoms with Crippen LogP contribution in [-0.4, -0.2) is 24.6 Å². The summed E-state index contributed by atoms with van der Waals surface area (Å²) in [5.41, 5.74) is 2.50. The standard InChI is InChI=1S/C18H23N3/c1-21(12-13-6-7-13)18-10-14(11-19-15-8-9-15)16-4-2-3-5-17(16)20-18/h2-5,10,13,15,19H,6-9,11-12H2,1H3. The molecule has 1 aromatic carbocycles. The fourth-order valence-corrected chi connectivity index (χ4v) is 2.90. The molecule has 0 unspecified atom stereocenters. The molecule has 1 N–H and O–H groups in total. The van der Waals surface area contributed by atoms with Crippen LogP contribution in [0, 0.1) is 5.92 Å².